The van der Waals surface area contributed by atoms with E-state index in [9.17, 15) is 9.90 Å². The lowest BCUT2D eigenvalue weighted by Crippen LogP contribution is -2.19. The Morgan fingerprint density at radius 1 is 1.09 bits per heavy atom. The number of benzene rings is 2. The first-order chi connectivity index (χ1) is 11.0. The fourth-order valence-electron chi connectivity index (χ4n) is 2.11. The van der Waals surface area contributed by atoms with Crippen molar-refractivity contribution in [3.63, 3.8) is 0 Å². The van der Waals surface area contributed by atoms with Crippen LogP contribution in [-0.2, 0) is 4.79 Å². The van der Waals surface area contributed by atoms with Gasteiger partial charge in [-0.25, -0.2) is 4.99 Å². The minimum Gasteiger partial charge on any atom is -0.508 e. The Labute approximate surface area is 139 Å². The smallest absolute Gasteiger partial charge is 0.264 e. The second-order valence-corrected chi connectivity index (χ2v) is 6.37. The highest BCUT2D eigenvalue weighted by Gasteiger charge is 2.23. The number of phenolic OH excluding ortho intramolecular Hbond substituents is 1. The van der Waals surface area contributed by atoms with E-state index in [1.54, 1.807) is 30.3 Å². The maximum absolute atomic E-state index is 12.0. The molecular weight excluding hydrogens is 308 g/mol. The number of nitrogens with zero attached hydrogens (tertiary/aromatic N) is 1. The van der Waals surface area contributed by atoms with E-state index in [4.69, 9.17) is 0 Å². The molecule has 4 nitrogen and oxygen atoms in total. The van der Waals surface area contributed by atoms with Crippen molar-refractivity contribution in [2.75, 3.05) is 0 Å². The molecule has 23 heavy (non-hydrogen) atoms. The number of phenols is 1. The third kappa shape index (κ3) is 3.63. The number of rotatable bonds is 2. The monoisotopic (exact) mass is 324 g/mol. The van der Waals surface area contributed by atoms with Gasteiger partial charge in [0.1, 0.15) is 5.75 Å². The number of aryl methyl sites for hydroxylation is 2. The van der Waals surface area contributed by atoms with Crippen molar-refractivity contribution in [2.45, 2.75) is 13.8 Å². The van der Waals surface area contributed by atoms with Gasteiger partial charge in [-0.1, -0.05) is 18.2 Å². The van der Waals surface area contributed by atoms with E-state index >= 15 is 0 Å². The largest absolute Gasteiger partial charge is 0.508 e. The van der Waals surface area contributed by atoms with Gasteiger partial charge in [-0.2, -0.15) is 0 Å². The maximum atomic E-state index is 12.0. The van der Waals surface area contributed by atoms with Gasteiger partial charge >= 0.3 is 0 Å². The van der Waals surface area contributed by atoms with E-state index in [-0.39, 0.29) is 11.7 Å². The molecule has 5 heteroatoms. The first-order valence-electron chi connectivity index (χ1n) is 7.17. The molecule has 0 unspecified atom stereocenters. The van der Waals surface area contributed by atoms with Crippen LogP contribution in [0.1, 0.15) is 16.7 Å². The second-order valence-electron chi connectivity index (χ2n) is 5.34. The summed E-state index contributed by atoms with van der Waals surface area (Å²) in [5.41, 5.74) is 4.06. The zero-order valence-corrected chi connectivity index (χ0v) is 13.6. The molecule has 0 aromatic heterocycles. The summed E-state index contributed by atoms with van der Waals surface area (Å²) >= 11 is 1.31. The molecule has 1 fully saturated rings. The average molecular weight is 324 g/mol. The highest BCUT2D eigenvalue weighted by molar-refractivity contribution is 8.18. The first-order valence-corrected chi connectivity index (χ1v) is 7.99. The van der Waals surface area contributed by atoms with E-state index in [1.165, 1.54) is 22.9 Å². The number of aromatic hydroxyl groups is 1. The van der Waals surface area contributed by atoms with Gasteiger partial charge in [0.15, 0.2) is 5.17 Å². The van der Waals surface area contributed by atoms with Crippen LogP contribution in [0.5, 0.6) is 5.75 Å². The SMILES string of the molecule is Cc1ccc(N=C2NC(=O)C(=Cc3ccc(O)cc3)S2)cc1C. The van der Waals surface area contributed by atoms with Crippen LogP contribution in [0.15, 0.2) is 52.4 Å². The Kier molecular flexibility index (Phi) is 4.21. The van der Waals surface area contributed by atoms with Gasteiger partial charge in [-0.05, 0) is 72.6 Å². The van der Waals surface area contributed by atoms with Crippen molar-refractivity contribution < 1.29 is 9.90 Å². The Morgan fingerprint density at radius 2 is 1.83 bits per heavy atom. The predicted molar refractivity (Wildman–Crippen MR) is 94.8 cm³/mol. The molecule has 3 rings (SSSR count). The summed E-state index contributed by atoms with van der Waals surface area (Å²) in [5, 5.41) is 12.6. The van der Waals surface area contributed by atoms with Gasteiger partial charge in [0.05, 0.1) is 10.6 Å². The minimum absolute atomic E-state index is 0.161. The standard InChI is InChI=1S/C18H16N2O2S/c1-11-3-6-14(9-12(11)2)19-18-20-17(22)16(23-18)10-13-4-7-15(21)8-5-13/h3-10,21H,1-2H3,(H,19,20,22). The summed E-state index contributed by atoms with van der Waals surface area (Å²) < 4.78 is 0. The van der Waals surface area contributed by atoms with Gasteiger partial charge in [0, 0.05) is 0 Å². The van der Waals surface area contributed by atoms with Crippen molar-refractivity contribution in [2.24, 2.45) is 4.99 Å². The van der Waals surface area contributed by atoms with Gasteiger partial charge < -0.3 is 10.4 Å². The Hall–Kier alpha value is -2.53. The number of amides is 1. The van der Waals surface area contributed by atoms with E-state index in [1.807, 2.05) is 25.1 Å². The van der Waals surface area contributed by atoms with Crippen LogP contribution in [0.3, 0.4) is 0 Å². The molecule has 1 aliphatic heterocycles. The molecule has 0 saturated carbocycles. The van der Waals surface area contributed by atoms with Crippen molar-refractivity contribution in [3.05, 3.63) is 64.1 Å². The van der Waals surface area contributed by atoms with E-state index in [0.29, 0.717) is 10.1 Å². The minimum atomic E-state index is -0.161. The molecule has 1 amide bonds. The molecule has 0 atom stereocenters. The molecule has 0 spiro atoms. The van der Waals surface area contributed by atoms with Crippen LogP contribution >= 0.6 is 11.8 Å². The number of carbonyl (C=O) groups excluding carboxylic acids is 1. The normalized spacial score (nSPS) is 17.7. The Bertz CT molecular complexity index is 823. The highest BCUT2D eigenvalue weighted by atomic mass is 32.2. The Morgan fingerprint density at radius 3 is 2.52 bits per heavy atom. The molecule has 1 heterocycles. The fourth-order valence-corrected chi connectivity index (χ4v) is 2.96. The molecule has 1 saturated heterocycles. The number of hydrogen-bond acceptors (Lipinski definition) is 4. The lowest BCUT2D eigenvalue weighted by molar-refractivity contribution is -0.115. The molecule has 2 N–H and O–H groups in total. The fraction of sp³-hybridized carbons (Fsp3) is 0.111. The molecule has 2 aromatic carbocycles. The summed E-state index contributed by atoms with van der Waals surface area (Å²) in [6, 6.07) is 12.6. The summed E-state index contributed by atoms with van der Waals surface area (Å²) in [6.45, 7) is 4.09. The number of thioether (sulfide) groups is 1. The van der Waals surface area contributed by atoms with Crippen LogP contribution in [-0.4, -0.2) is 16.2 Å². The molecule has 0 radical (unpaired) electrons. The summed E-state index contributed by atoms with van der Waals surface area (Å²) in [7, 11) is 0. The quantitative estimate of drug-likeness (QED) is 0.824. The van der Waals surface area contributed by atoms with E-state index in [2.05, 4.69) is 17.2 Å². The first kappa shape index (κ1) is 15.4. The summed E-state index contributed by atoms with van der Waals surface area (Å²) in [6.07, 6.45) is 1.78. The maximum Gasteiger partial charge on any atom is 0.264 e. The lowest BCUT2D eigenvalue weighted by atomic mass is 10.1. The van der Waals surface area contributed by atoms with Gasteiger partial charge in [0.2, 0.25) is 0 Å². The Balaban J connectivity index is 1.82. The zero-order valence-electron chi connectivity index (χ0n) is 12.8. The van der Waals surface area contributed by atoms with E-state index in [0.717, 1.165) is 11.3 Å². The number of amidine groups is 1. The van der Waals surface area contributed by atoms with Crippen molar-refractivity contribution in [3.8, 4) is 5.75 Å². The third-order valence-corrected chi connectivity index (χ3v) is 4.47. The van der Waals surface area contributed by atoms with Crippen LogP contribution in [0.25, 0.3) is 6.08 Å². The van der Waals surface area contributed by atoms with Crippen LogP contribution in [0, 0.1) is 13.8 Å². The molecule has 1 aliphatic rings. The van der Waals surface area contributed by atoms with Crippen LogP contribution < -0.4 is 5.32 Å². The third-order valence-electron chi connectivity index (χ3n) is 3.56. The van der Waals surface area contributed by atoms with Crippen molar-refractivity contribution in [1.82, 2.24) is 5.32 Å². The highest BCUT2D eigenvalue weighted by Crippen LogP contribution is 2.28. The second kappa shape index (κ2) is 6.30. The molecule has 0 bridgehead atoms. The summed E-state index contributed by atoms with van der Waals surface area (Å²) in [5.74, 6) is 0.0401. The van der Waals surface area contributed by atoms with Crippen molar-refractivity contribution >= 4 is 34.6 Å². The van der Waals surface area contributed by atoms with Crippen molar-refractivity contribution in [1.29, 1.82) is 0 Å². The molecule has 116 valence electrons. The number of nitrogens with one attached hydrogen (secondary N) is 1. The topological polar surface area (TPSA) is 61.7 Å². The molecule has 2 aromatic rings. The number of aliphatic imine (C=N–C) groups is 1. The number of hydrogen-bond donors (Lipinski definition) is 2. The molecule has 0 aliphatic carbocycles. The van der Waals surface area contributed by atoms with Crippen LogP contribution in [0.2, 0.25) is 0 Å². The van der Waals surface area contributed by atoms with Crippen LogP contribution in [0.4, 0.5) is 5.69 Å². The lowest BCUT2D eigenvalue weighted by Gasteiger charge is -2.01. The van der Waals surface area contributed by atoms with Gasteiger partial charge in [-0.3, -0.25) is 4.79 Å². The number of carbonyl (C=O) groups is 1. The van der Waals surface area contributed by atoms with Gasteiger partial charge in [-0.15, -0.1) is 0 Å². The summed E-state index contributed by atoms with van der Waals surface area (Å²) in [4.78, 5) is 17.1. The van der Waals surface area contributed by atoms with Gasteiger partial charge in [0.25, 0.3) is 5.91 Å². The molecular formula is C18H16N2O2S. The average Bonchev–Trinajstić information content (AvgIpc) is 2.85. The zero-order chi connectivity index (χ0) is 16.4. The predicted octanol–water partition coefficient (Wildman–Crippen LogP) is 3.90. The van der Waals surface area contributed by atoms with E-state index < -0.39 is 0 Å².